The average molecular weight is 329 g/mol. The number of nitrogens with zero attached hydrogens (tertiary/aromatic N) is 1. The molecular weight excluding hydrogens is 309 g/mol. The third-order valence-corrected chi connectivity index (χ3v) is 3.37. The van der Waals surface area contributed by atoms with E-state index in [0.29, 0.717) is 18.7 Å². The zero-order valence-electron chi connectivity index (χ0n) is 11.2. The van der Waals surface area contributed by atoms with Gasteiger partial charge in [0.25, 0.3) is 0 Å². The van der Waals surface area contributed by atoms with Crippen LogP contribution in [0.3, 0.4) is 0 Å². The SMILES string of the molecule is COCCN1CC(N)C(c2cc(F)cc(F)c2)C1.Cl.Cl. The molecule has 3 nitrogen and oxygen atoms in total. The van der Waals surface area contributed by atoms with Gasteiger partial charge < -0.3 is 10.5 Å². The summed E-state index contributed by atoms with van der Waals surface area (Å²) in [5, 5.41) is 0. The normalized spacial score (nSPS) is 22.2. The van der Waals surface area contributed by atoms with Gasteiger partial charge in [-0.1, -0.05) is 0 Å². The van der Waals surface area contributed by atoms with Crippen LogP contribution in [-0.4, -0.2) is 44.3 Å². The van der Waals surface area contributed by atoms with Crippen LogP contribution in [0.2, 0.25) is 0 Å². The third kappa shape index (κ3) is 4.82. The van der Waals surface area contributed by atoms with Crippen molar-refractivity contribution in [3.63, 3.8) is 0 Å². The Bertz CT molecular complexity index is 403. The maximum atomic E-state index is 13.2. The minimum absolute atomic E-state index is 0. The van der Waals surface area contributed by atoms with Gasteiger partial charge in [-0.3, -0.25) is 4.90 Å². The fourth-order valence-electron chi connectivity index (χ4n) is 2.46. The van der Waals surface area contributed by atoms with Crippen molar-refractivity contribution in [2.45, 2.75) is 12.0 Å². The third-order valence-electron chi connectivity index (χ3n) is 3.37. The lowest BCUT2D eigenvalue weighted by Crippen LogP contribution is -2.30. The summed E-state index contributed by atoms with van der Waals surface area (Å²) in [4.78, 5) is 2.15. The molecule has 7 heteroatoms. The Balaban J connectivity index is 0.00000180. The Hall–Kier alpha value is -0.460. The maximum Gasteiger partial charge on any atom is 0.126 e. The quantitative estimate of drug-likeness (QED) is 0.920. The topological polar surface area (TPSA) is 38.5 Å². The van der Waals surface area contributed by atoms with Crippen LogP contribution in [0.15, 0.2) is 18.2 Å². The second-order valence-electron chi connectivity index (χ2n) is 4.73. The van der Waals surface area contributed by atoms with E-state index in [9.17, 15) is 8.78 Å². The van der Waals surface area contributed by atoms with E-state index in [1.54, 1.807) is 7.11 Å². The van der Waals surface area contributed by atoms with Crippen molar-refractivity contribution < 1.29 is 13.5 Å². The highest BCUT2D eigenvalue weighted by molar-refractivity contribution is 5.85. The second-order valence-corrected chi connectivity index (χ2v) is 4.73. The molecule has 1 aromatic rings. The van der Waals surface area contributed by atoms with Crippen molar-refractivity contribution in [1.29, 1.82) is 0 Å². The maximum absolute atomic E-state index is 13.2. The van der Waals surface area contributed by atoms with Gasteiger partial charge in [0.2, 0.25) is 0 Å². The molecule has 2 N–H and O–H groups in total. The van der Waals surface area contributed by atoms with Gasteiger partial charge in [0.05, 0.1) is 6.61 Å². The van der Waals surface area contributed by atoms with Crippen LogP contribution in [0.1, 0.15) is 11.5 Å². The van der Waals surface area contributed by atoms with Crippen molar-refractivity contribution in [3.8, 4) is 0 Å². The highest BCUT2D eigenvalue weighted by Crippen LogP contribution is 2.27. The molecule has 2 rings (SSSR count). The molecule has 2 unspecified atom stereocenters. The molecule has 0 aromatic heterocycles. The number of likely N-dealkylation sites (tertiary alicyclic amines) is 1. The van der Waals surface area contributed by atoms with Crippen molar-refractivity contribution in [2.75, 3.05) is 33.4 Å². The molecule has 1 heterocycles. The van der Waals surface area contributed by atoms with Crippen LogP contribution in [-0.2, 0) is 4.74 Å². The number of rotatable bonds is 4. The van der Waals surface area contributed by atoms with E-state index in [2.05, 4.69) is 4.90 Å². The zero-order chi connectivity index (χ0) is 13.1. The predicted octanol–water partition coefficient (Wildman–Crippen LogP) is 2.18. The van der Waals surface area contributed by atoms with Gasteiger partial charge in [-0.2, -0.15) is 0 Å². The summed E-state index contributed by atoms with van der Waals surface area (Å²) in [5.41, 5.74) is 6.68. The van der Waals surface area contributed by atoms with Crippen LogP contribution in [0.25, 0.3) is 0 Å². The molecule has 0 spiro atoms. The van der Waals surface area contributed by atoms with Gasteiger partial charge in [0, 0.05) is 44.8 Å². The standard InChI is InChI=1S/C13H18F2N2O.2ClH/c1-18-3-2-17-7-12(13(16)8-17)9-4-10(14)6-11(15)5-9;;/h4-6,12-13H,2-3,7-8,16H2,1H3;2*1H. The van der Waals surface area contributed by atoms with Gasteiger partial charge in [-0.05, 0) is 17.7 Å². The smallest absolute Gasteiger partial charge is 0.126 e. The molecule has 0 saturated carbocycles. The fraction of sp³-hybridized carbons (Fsp3) is 0.538. The summed E-state index contributed by atoms with van der Waals surface area (Å²) in [7, 11) is 1.65. The minimum Gasteiger partial charge on any atom is -0.383 e. The van der Waals surface area contributed by atoms with Crippen molar-refractivity contribution in [2.24, 2.45) is 5.73 Å². The first-order valence-corrected chi connectivity index (χ1v) is 6.03. The Morgan fingerprint density at radius 3 is 2.35 bits per heavy atom. The van der Waals surface area contributed by atoms with Crippen LogP contribution in [0.4, 0.5) is 8.78 Å². The molecule has 1 aromatic carbocycles. The van der Waals surface area contributed by atoms with Gasteiger partial charge in [-0.25, -0.2) is 8.78 Å². The summed E-state index contributed by atoms with van der Waals surface area (Å²) in [6.45, 7) is 2.87. The average Bonchev–Trinajstić information content (AvgIpc) is 2.66. The zero-order valence-corrected chi connectivity index (χ0v) is 12.9. The molecule has 1 fully saturated rings. The van der Waals surface area contributed by atoms with E-state index in [4.69, 9.17) is 10.5 Å². The van der Waals surface area contributed by atoms with E-state index in [1.807, 2.05) is 0 Å². The lowest BCUT2D eigenvalue weighted by Gasteiger charge is -2.15. The molecule has 0 amide bonds. The van der Waals surface area contributed by atoms with Gasteiger partial charge in [0.15, 0.2) is 0 Å². The Kier molecular flexibility index (Phi) is 8.54. The van der Waals surface area contributed by atoms with Crippen LogP contribution < -0.4 is 5.73 Å². The first-order valence-electron chi connectivity index (χ1n) is 6.03. The van der Waals surface area contributed by atoms with E-state index in [-0.39, 0.29) is 36.8 Å². The number of halogens is 4. The number of benzene rings is 1. The summed E-state index contributed by atoms with van der Waals surface area (Å²) >= 11 is 0. The Labute approximate surface area is 130 Å². The predicted molar refractivity (Wildman–Crippen MR) is 79.9 cm³/mol. The Morgan fingerprint density at radius 1 is 1.20 bits per heavy atom. The molecule has 20 heavy (non-hydrogen) atoms. The molecule has 0 aliphatic carbocycles. The fourth-order valence-corrected chi connectivity index (χ4v) is 2.46. The van der Waals surface area contributed by atoms with E-state index >= 15 is 0 Å². The number of nitrogens with two attached hydrogens (primary N) is 1. The van der Waals surface area contributed by atoms with E-state index in [1.165, 1.54) is 12.1 Å². The number of hydrogen-bond acceptors (Lipinski definition) is 3. The molecular formula is C13H20Cl2F2N2O. The summed E-state index contributed by atoms with van der Waals surface area (Å²) in [6.07, 6.45) is 0. The first-order chi connectivity index (χ1) is 8.60. The molecule has 1 aliphatic heterocycles. The number of hydrogen-bond donors (Lipinski definition) is 1. The molecule has 116 valence electrons. The lowest BCUT2D eigenvalue weighted by atomic mass is 9.95. The molecule has 0 bridgehead atoms. The minimum atomic E-state index is -0.549. The van der Waals surface area contributed by atoms with Crippen LogP contribution in [0.5, 0.6) is 0 Å². The summed E-state index contributed by atoms with van der Waals surface area (Å²) in [6, 6.07) is 3.52. The van der Waals surface area contributed by atoms with Gasteiger partial charge >= 0.3 is 0 Å². The van der Waals surface area contributed by atoms with Gasteiger partial charge in [-0.15, -0.1) is 24.8 Å². The molecule has 1 aliphatic rings. The lowest BCUT2D eigenvalue weighted by molar-refractivity contribution is 0.160. The van der Waals surface area contributed by atoms with Crippen molar-refractivity contribution in [3.05, 3.63) is 35.4 Å². The summed E-state index contributed by atoms with van der Waals surface area (Å²) in [5.74, 6) is -1.12. The van der Waals surface area contributed by atoms with E-state index in [0.717, 1.165) is 19.2 Å². The highest BCUT2D eigenvalue weighted by Gasteiger charge is 2.31. The number of methoxy groups -OCH3 is 1. The highest BCUT2D eigenvalue weighted by atomic mass is 35.5. The molecule has 0 radical (unpaired) electrons. The summed E-state index contributed by atoms with van der Waals surface area (Å²) < 4.78 is 31.4. The van der Waals surface area contributed by atoms with Crippen molar-refractivity contribution >= 4 is 24.8 Å². The molecule has 1 saturated heterocycles. The monoisotopic (exact) mass is 328 g/mol. The van der Waals surface area contributed by atoms with Crippen LogP contribution >= 0.6 is 24.8 Å². The van der Waals surface area contributed by atoms with Crippen LogP contribution in [0, 0.1) is 11.6 Å². The van der Waals surface area contributed by atoms with Gasteiger partial charge in [0.1, 0.15) is 11.6 Å². The Morgan fingerprint density at radius 2 is 1.80 bits per heavy atom. The number of ether oxygens (including phenoxy) is 1. The second kappa shape index (κ2) is 8.74. The molecule has 2 atom stereocenters. The van der Waals surface area contributed by atoms with E-state index < -0.39 is 11.6 Å². The van der Waals surface area contributed by atoms with Crippen molar-refractivity contribution in [1.82, 2.24) is 4.90 Å². The largest absolute Gasteiger partial charge is 0.383 e. The first kappa shape index (κ1) is 19.5.